The number of hydrogen-bond donors (Lipinski definition) is 1. The molecule has 1 saturated carbocycles. The lowest BCUT2D eigenvalue weighted by Gasteiger charge is -2.34. The summed E-state index contributed by atoms with van der Waals surface area (Å²) in [5, 5.41) is 3.19. The molecule has 1 aromatic carbocycles. The minimum atomic E-state index is -3.47. The first-order chi connectivity index (χ1) is 13.4. The largest absolute Gasteiger partial charge is 0.379 e. The number of carbonyl (C=O) groups excluding carboxylic acids is 1. The standard InChI is InChI=1S/C21H32N2O4S/c1-16-4-3-5-20(17(16)2)22-21(24)11-8-18-6-9-19(10-7-18)28(25,26)23-12-14-27-15-13-23/h6-7,9-10,16-17,20H,3-5,8,11-15H2,1-2H3,(H,22,24). The summed E-state index contributed by atoms with van der Waals surface area (Å²) in [7, 11) is -3.47. The van der Waals surface area contributed by atoms with Crippen LogP contribution < -0.4 is 5.32 Å². The maximum atomic E-state index is 12.6. The van der Waals surface area contributed by atoms with Crippen LogP contribution in [-0.4, -0.2) is 51.0 Å². The van der Waals surface area contributed by atoms with Gasteiger partial charge in [-0.25, -0.2) is 8.42 Å². The minimum absolute atomic E-state index is 0.0796. The molecule has 0 bridgehead atoms. The fourth-order valence-electron chi connectivity index (χ4n) is 4.09. The molecular weight excluding hydrogens is 376 g/mol. The van der Waals surface area contributed by atoms with Crippen LogP contribution in [0.5, 0.6) is 0 Å². The van der Waals surface area contributed by atoms with E-state index in [1.165, 1.54) is 17.1 Å². The monoisotopic (exact) mass is 408 g/mol. The second-order valence-corrected chi connectivity index (χ2v) is 10.0. The molecule has 1 N–H and O–H groups in total. The van der Waals surface area contributed by atoms with E-state index >= 15 is 0 Å². The zero-order chi connectivity index (χ0) is 20.1. The first-order valence-electron chi connectivity index (χ1n) is 10.3. The van der Waals surface area contributed by atoms with Gasteiger partial charge >= 0.3 is 0 Å². The molecule has 6 nitrogen and oxygen atoms in total. The molecule has 28 heavy (non-hydrogen) atoms. The van der Waals surface area contributed by atoms with Crippen LogP contribution >= 0.6 is 0 Å². The molecule has 0 aromatic heterocycles. The summed E-state index contributed by atoms with van der Waals surface area (Å²) < 4.78 is 32.0. The fourth-order valence-corrected chi connectivity index (χ4v) is 5.49. The van der Waals surface area contributed by atoms with E-state index in [2.05, 4.69) is 19.2 Å². The number of amides is 1. The first-order valence-corrected chi connectivity index (χ1v) is 11.8. The summed E-state index contributed by atoms with van der Waals surface area (Å²) in [4.78, 5) is 12.6. The van der Waals surface area contributed by atoms with Crippen molar-refractivity contribution < 1.29 is 17.9 Å². The average molecular weight is 409 g/mol. The van der Waals surface area contributed by atoms with Gasteiger partial charge < -0.3 is 10.1 Å². The number of morpholine rings is 1. The van der Waals surface area contributed by atoms with E-state index in [0.717, 1.165) is 12.0 Å². The van der Waals surface area contributed by atoms with Gasteiger partial charge in [0.15, 0.2) is 0 Å². The number of nitrogens with zero attached hydrogens (tertiary/aromatic N) is 1. The molecule has 1 saturated heterocycles. The van der Waals surface area contributed by atoms with Gasteiger partial charge in [0, 0.05) is 25.6 Å². The molecule has 3 atom stereocenters. The van der Waals surface area contributed by atoms with Crippen molar-refractivity contribution >= 4 is 15.9 Å². The Kier molecular flexibility index (Phi) is 7.12. The normalized spacial score (nSPS) is 26.7. The van der Waals surface area contributed by atoms with E-state index in [1.807, 2.05) is 12.1 Å². The molecule has 2 fully saturated rings. The van der Waals surface area contributed by atoms with Crippen molar-refractivity contribution in [1.29, 1.82) is 0 Å². The Labute approximate surface area is 168 Å². The Morgan fingerprint density at radius 1 is 1.14 bits per heavy atom. The van der Waals surface area contributed by atoms with E-state index in [1.54, 1.807) is 12.1 Å². The second-order valence-electron chi connectivity index (χ2n) is 8.10. The summed E-state index contributed by atoms with van der Waals surface area (Å²) >= 11 is 0. The number of aryl methyl sites for hydroxylation is 1. The highest BCUT2D eigenvalue weighted by Crippen LogP contribution is 2.29. The third kappa shape index (κ3) is 5.13. The molecule has 2 aliphatic rings. The molecule has 0 spiro atoms. The molecule has 3 unspecified atom stereocenters. The fraction of sp³-hybridized carbons (Fsp3) is 0.667. The summed E-state index contributed by atoms with van der Waals surface area (Å²) in [6.45, 7) is 6.14. The van der Waals surface area contributed by atoms with Gasteiger partial charge in [-0.15, -0.1) is 0 Å². The highest BCUT2D eigenvalue weighted by Gasteiger charge is 2.28. The zero-order valence-electron chi connectivity index (χ0n) is 16.9. The van der Waals surface area contributed by atoms with Crippen LogP contribution in [0.15, 0.2) is 29.2 Å². The Bertz CT molecular complexity index is 757. The van der Waals surface area contributed by atoms with E-state index in [4.69, 9.17) is 4.74 Å². The van der Waals surface area contributed by atoms with Crippen LogP contribution in [0.1, 0.15) is 45.1 Å². The lowest BCUT2D eigenvalue weighted by atomic mass is 9.78. The first kappa shape index (κ1) is 21.3. The van der Waals surface area contributed by atoms with Crippen LogP contribution in [0.25, 0.3) is 0 Å². The van der Waals surface area contributed by atoms with Gasteiger partial charge in [0.25, 0.3) is 0 Å². The molecule has 1 amide bonds. The number of carbonyl (C=O) groups is 1. The predicted octanol–water partition coefficient (Wildman–Crippen LogP) is 2.58. The molecule has 7 heteroatoms. The number of hydrogen-bond acceptors (Lipinski definition) is 4. The number of ether oxygens (including phenoxy) is 1. The number of rotatable bonds is 6. The molecule has 156 valence electrons. The summed E-state index contributed by atoms with van der Waals surface area (Å²) in [5.74, 6) is 1.25. The quantitative estimate of drug-likeness (QED) is 0.785. The maximum Gasteiger partial charge on any atom is 0.243 e. The van der Waals surface area contributed by atoms with Crippen molar-refractivity contribution in [1.82, 2.24) is 9.62 Å². The minimum Gasteiger partial charge on any atom is -0.379 e. The predicted molar refractivity (Wildman–Crippen MR) is 108 cm³/mol. The topological polar surface area (TPSA) is 75.7 Å². The molecule has 1 aliphatic heterocycles. The van der Waals surface area contributed by atoms with Crippen molar-refractivity contribution in [2.24, 2.45) is 11.8 Å². The van der Waals surface area contributed by atoms with Crippen LogP contribution in [0.3, 0.4) is 0 Å². The SMILES string of the molecule is CC1CCCC(NC(=O)CCc2ccc(S(=O)(=O)N3CCOCC3)cc2)C1C. The van der Waals surface area contributed by atoms with Gasteiger partial charge in [0.2, 0.25) is 15.9 Å². The number of nitrogens with one attached hydrogen (secondary N) is 1. The van der Waals surface area contributed by atoms with Crippen molar-refractivity contribution in [3.8, 4) is 0 Å². The molecule has 1 aromatic rings. The van der Waals surface area contributed by atoms with Crippen LogP contribution in [-0.2, 0) is 26.0 Å². The van der Waals surface area contributed by atoms with Gasteiger partial charge in [0.05, 0.1) is 18.1 Å². The summed E-state index contributed by atoms with van der Waals surface area (Å²) in [6, 6.07) is 7.18. The smallest absolute Gasteiger partial charge is 0.243 e. The Morgan fingerprint density at radius 2 is 1.82 bits per heavy atom. The van der Waals surface area contributed by atoms with E-state index < -0.39 is 10.0 Å². The molecular formula is C21H32N2O4S. The van der Waals surface area contributed by atoms with Crippen LogP contribution in [0, 0.1) is 11.8 Å². The highest BCUT2D eigenvalue weighted by molar-refractivity contribution is 7.89. The van der Waals surface area contributed by atoms with Gasteiger partial charge in [-0.2, -0.15) is 4.31 Å². The Hall–Kier alpha value is -1.44. The van der Waals surface area contributed by atoms with Gasteiger partial charge in [-0.1, -0.05) is 38.8 Å². The van der Waals surface area contributed by atoms with Crippen molar-refractivity contribution in [3.63, 3.8) is 0 Å². The molecule has 3 rings (SSSR count). The second kappa shape index (κ2) is 9.37. The average Bonchev–Trinajstić information content (AvgIpc) is 2.71. The van der Waals surface area contributed by atoms with Gasteiger partial charge in [-0.3, -0.25) is 4.79 Å². The summed E-state index contributed by atoms with van der Waals surface area (Å²) in [5.41, 5.74) is 0.973. The highest BCUT2D eigenvalue weighted by atomic mass is 32.2. The number of benzene rings is 1. The summed E-state index contributed by atoms with van der Waals surface area (Å²) in [6.07, 6.45) is 4.52. The van der Waals surface area contributed by atoms with Gasteiger partial charge in [0.1, 0.15) is 0 Å². The van der Waals surface area contributed by atoms with Gasteiger partial charge in [-0.05, 0) is 42.4 Å². The third-order valence-electron chi connectivity index (χ3n) is 6.23. The van der Waals surface area contributed by atoms with Crippen molar-refractivity contribution in [2.45, 2.75) is 56.9 Å². The van der Waals surface area contributed by atoms with Crippen molar-refractivity contribution in [3.05, 3.63) is 29.8 Å². The molecule has 1 aliphatic carbocycles. The van der Waals surface area contributed by atoms with E-state index in [9.17, 15) is 13.2 Å². The third-order valence-corrected chi connectivity index (χ3v) is 8.14. The molecule has 0 radical (unpaired) electrons. The maximum absolute atomic E-state index is 12.6. The zero-order valence-corrected chi connectivity index (χ0v) is 17.7. The number of sulfonamides is 1. The lowest BCUT2D eigenvalue weighted by Crippen LogP contribution is -2.43. The Balaban J connectivity index is 1.52. The molecule has 1 heterocycles. The Morgan fingerprint density at radius 3 is 2.50 bits per heavy atom. The van der Waals surface area contributed by atoms with E-state index in [0.29, 0.717) is 55.9 Å². The van der Waals surface area contributed by atoms with Crippen molar-refractivity contribution in [2.75, 3.05) is 26.3 Å². The van der Waals surface area contributed by atoms with Crippen LogP contribution in [0.4, 0.5) is 0 Å². The van der Waals surface area contributed by atoms with Crippen LogP contribution in [0.2, 0.25) is 0 Å². The van der Waals surface area contributed by atoms with E-state index in [-0.39, 0.29) is 11.9 Å². The lowest BCUT2D eigenvalue weighted by molar-refractivity contribution is -0.122.